The van der Waals surface area contributed by atoms with Gasteiger partial charge in [-0.2, -0.15) is 0 Å². The number of rotatable bonds is 7. The molecule has 0 fully saturated rings. The van der Waals surface area contributed by atoms with Gasteiger partial charge in [-0.15, -0.1) is 0 Å². The molecule has 1 rings (SSSR count). The van der Waals surface area contributed by atoms with Crippen molar-refractivity contribution in [2.75, 3.05) is 38.7 Å². The van der Waals surface area contributed by atoms with E-state index < -0.39 is 26.0 Å². The molecule has 1 N–H and O–H groups in total. The van der Waals surface area contributed by atoms with E-state index in [4.69, 9.17) is 4.74 Å². The van der Waals surface area contributed by atoms with Crippen LogP contribution >= 0.6 is 0 Å². The van der Waals surface area contributed by atoms with Crippen LogP contribution < -0.4 is 4.72 Å². The van der Waals surface area contributed by atoms with Crippen molar-refractivity contribution in [2.24, 2.45) is 4.36 Å². The third kappa shape index (κ3) is 4.67. The monoisotopic (exact) mass is 349 g/mol. The van der Waals surface area contributed by atoms with Crippen LogP contribution in [0.3, 0.4) is 0 Å². The zero-order valence-corrected chi connectivity index (χ0v) is 15.1. The molecule has 7 nitrogen and oxygen atoms in total. The highest BCUT2D eigenvalue weighted by molar-refractivity contribution is 7.92. The number of methoxy groups -OCH3 is 1. The highest BCUT2D eigenvalue weighted by Crippen LogP contribution is 2.19. The van der Waals surface area contributed by atoms with E-state index in [9.17, 15) is 12.6 Å². The average Bonchev–Trinajstić information content (AvgIpc) is 2.45. The molecule has 0 bridgehead atoms. The van der Waals surface area contributed by atoms with Gasteiger partial charge in [0.2, 0.25) is 10.0 Å². The number of nitrogens with one attached hydrogen (secondary N) is 1. The minimum absolute atomic E-state index is 0.135. The van der Waals surface area contributed by atoms with Crippen molar-refractivity contribution in [3.63, 3.8) is 0 Å². The van der Waals surface area contributed by atoms with Crippen LogP contribution in [0.2, 0.25) is 0 Å². The Balaban J connectivity index is 2.98. The van der Waals surface area contributed by atoms with Gasteiger partial charge < -0.3 is 4.74 Å². The molecule has 1 aromatic carbocycles. The van der Waals surface area contributed by atoms with E-state index in [1.165, 1.54) is 18.5 Å². The maximum absolute atomic E-state index is 12.6. The van der Waals surface area contributed by atoms with Gasteiger partial charge in [-0.25, -0.2) is 21.3 Å². The van der Waals surface area contributed by atoms with E-state index in [0.717, 1.165) is 0 Å². The summed E-state index contributed by atoms with van der Waals surface area (Å²) < 4.78 is 49.4. The molecule has 2 unspecified atom stereocenters. The topological polar surface area (TPSA) is 88.1 Å². The predicted molar refractivity (Wildman–Crippen MR) is 88.8 cm³/mol. The van der Waals surface area contributed by atoms with Crippen molar-refractivity contribution >= 4 is 25.6 Å². The summed E-state index contributed by atoms with van der Waals surface area (Å²) in [6, 6.07) is 6.34. The number of hydrogen-bond donors (Lipinski definition) is 1. The Morgan fingerprint density at radius 2 is 1.77 bits per heavy atom. The molecule has 0 aliphatic carbocycles. The Labute approximate surface area is 133 Å². The molecule has 0 aliphatic rings. The molecule has 0 amide bonds. The normalized spacial score (nSPS) is 16.1. The third-order valence-electron chi connectivity index (χ3n) is 3.03. The fraction of sp³-hybridized carbons (Fsp3) is 0.538. The first-order valence-electron chi connectivity index (χ1n) is 6.60. The van der Waals surface area contributed by atoms with Gasteiger partial charge in [0.25, 0.3) is 0 Å². The molecule has 0 aliphatic heterocycles. The van der Waals surface area contributed by atoms with E-state index in [-0.39, 0.29) is 5.75 Å². The van der Waals surface area contributed by atoms with Crippen molar-refractivity contribution in [1.29, 1.82) is 0 Å². The van der Waals surface area contributed by atoms with E-state index in [0.29, 0.717) is 10.6 Å². The van der Waals surface area contributed by atoms with E-state index in [2.05, 4.69) is 9.08 Å². The first kappa shape index (κ1) is 18.9. The van der Waals surface area contributed by atoms with Gasteiger partial charge in [0, 0.05) is 33.9 Å². The van der Waals surface area contributed by atoms with Gasteiger partial charge in [0.15, 0.2) is 0 Å². The molecule has 0 radical (unpaired) electrons. The summed E-state index contributed by atoms with van der Waals surface area (Å²) in [5, 5.41) is 0. The van der Waals surface area contributed by atoms with Crippen LogP contribution in [-0.2, 0) is 24.7 Å². The molecule has 0 spiro atoms. The van der Waals surface area contributed by atoms with Crippen LogP contribution in [-0.4, -0.2) is 57.0 Å². The zero-order valence-electron chi connectivity index (χ0n) is 13.4. The molecule has 126 valence electrons. The Morgan fingerprint density at radius 1 is 1.23 bits per heavy atom. The van der Waals surface area contributed by atoms with Crippen molar-refractivity contribution < 1.29 is 17.4 Å². The Bertz CT molecular complexity index is 705. The van der Waals surface area contributed by atoms with E-state index in [1.54, 1.807) is 45.3 Å². The lowest BCUT2D eigenvalue weighted by Gasteiger charge is -2.17. The molecule has 2 atom stereocenters. The van der Waals surface area contributed by atoms with Crippen LogP contribution in [0.25, 0.3) is 0 Å². The number of hydrogen-bond acceptors (Lipinski definition) is 5. The van der Waals surface area contributed by atoms with Crippen LogP contribution in [0.1, 0.15) is 6.92 Å². The zero-order chi connectivity index (χ0) is 17.0. The number of benzene rings is 1. The minimum atomic E-state index is -3.50. The minimum Gasteiger partial charge on any atom is -0.381 e. The number of nitrogens with zero attached hydrogens (tertiary/aromatic N) is 2. The summed E-state index contributed by atoms with van der Waals surface area (Å²) in [4.78, 5) is 0.521. The number of anilines is 1. The van der Waals surface area contributed by atoms with Gasteiger partial charge in [0.05, 0.1) is 16.8 Å². The molecule has 9 heteroatoms. The van der Waals surface area contributed by atoms with Crippen LogP contribution in [0.15, 0.2) is 33.5 Å². The third-order valence-corrected chi connectivity index (χ3v) is 6.86. The van der Waals surface area contributed by atoms with Crippen LogP contribution in [0.5, 0.6) is 0 Å². The second-order valence-corrected chi connectivity index (χ2v) is 9.27. The highest BCUT2D eigenvalue weighted by Gasteiger charge is 2.17. The Hall–Kier alpha value is -1.16. The van der Waals surface area contributed by atoms with Gasteiger partial charge in [-0.3, -0.25) is 4.72 Å². The SMILES string of the molecule is CN=S(=O)(c1ccc(NS(=O)(=O)CC(C)OC)cc1)N(C)C. The average molecular weight is 349 g/mol. The molecular weight excluding hydrogens is 326 g/mol. The van der Waals surface area contributed by atoms with Crippen LogP contribution in [0.4, 0.5) is 5.69 Å². The second kappa shape index (κ2) is 7.40. The molecular formula is C13H23N3O4S2. The first-order valence-corrected chi connectivity index (χ1v) is 9.73. The van der Waals surface area contributed by atoms with Crippen molar-refractivity contribution in [3.8, 4) is 0 Å². The summed E-state index contributed by atoms with van der Waals surface area (Å²) >= 11 is 0. The van der Waals surface area contributed by atoms with Crippen molar-refractivity contribution in [3.05, 3.63) is 24.3 Å². The van der Waals surface area contributed by atoms with Crippen molar-refractivity contribution in [1.82, 2.24) is 4.31 Å². The number of sulfonamides is 1. The Kier molecular flexibility index (Phi) is 6.36. The summed E-state index contributed by atoms with van der Waals surface area (Å²) in [6.45, 7) is 1.68. The lowest BCUT2D eigenvalue weighted by atomic mass is 10.3. The van der Waals surface area contributed by atoms with Crippen molar-refractivity contribution in [2.45, 2.75) is 17.9 Å². The summed E-state index contributed by atoms with van der Waals surface area (Å²) in [5.41, 5.74) is 0.406. The molecule has 1 aromatic rings. The standard InChI is InChI=1S/C13H23N3O4S2/c1-11(20-5)10-21(17,18)15-12-6-8-13(9-7-12)22(19,14-2)16(3)4/h6-9,11,15H,10H2,1-5H3. The lowest BCUT2D eigenvalue weighted by Crippen LogP contribution is -2.25. The molecule has 22 heavy (non-hydrogen) atoms. The summed E-state index contributed by atoms with van der Waals surface area (Å²) in [5.74, 6) is -0.135. The fourth-order valence-electron chi connectivity index (χ4n) is 1.78. The quantitative estimate of drug-likeness (QED) is 0.806. The number of ether oxygens (including phenoxy) is 1. The molecule has 0 saturated heterocycles. The van der Waals surface area contributed by atoms with Gasteiger partial charge in [0.1, 0.15) is 9.92 Å². The molecule has 0 heterocycles. The summed E-state index contributed by atoms with van der Waals surface area (Å²) in [6.07, 6.45) is -0.400. The maximum Gasteiger partial charge on any atom is 0.235 e. The Morgan fingerprint density at radius 3 is 2.18 bits per heavy atom. The largest absolute Gasteiger partial charge is 0.381 e. The smallest absolute Gasteiger partial charge is 0.235 e. The molecule has 0 saturated carbocycles. The van der Waals surface area contributed by atoms with Gasteiger partial charge >= 0.3 is 0 Å². The van der Waals surface area contributed by atoms with E-state index in [1.807, 2.05) is 0 Å². The van der Waals surface area contributed by atoms with Gasteiger partial charge in [-0.05, 0) is 31.2 Å². The first-order chi connectivity index (χ1) is 10.1. The predicted octanol–water partition coefficient (Wildman–Crippen LogP) is 1.40. The van der Waals surface area contributed by atoms with E-state index >= 15 is 0 Å². The van der Waals surface area contributed by atoms with Gasteiger partial charge in [-0.1, -0.05) is 0 Å². The summed E-state index contributed by atoms with van der Waals surface area (Å²) in [7, 11) is 0.167. The lowest BCUT2D eigenvalue weighted by molar-refractivity contribution is 0.136. The highest BCUT2D eigenvalue weighted by atomic mass is 32.2. The fourth-order valence-corrected chi connectivity index (χ4v) is 4.56. The van der Waals surface area contributed by atoms with Crippen LogP contribution in [0, 0.1) is 0 Å². The second-order valence-electron chi connectivity index (χ2n) is 4.95. The molecule has 0 aromatic heterocycles. The maximum atomic E-state index is 12.6.